The van der Waals surface area contributed by atoms with Crippen molar-refractivity contribution in [2.75, 3.05) is 0 Å². The van der Waals surface area contributed by atoms with E-state index in [1.165, 1.54) is 238 Å². The van der Waals surface area contributed by atoms with Crippen LogP contribution in [0.4, 0.5) is 0 Å². The highest BCUT2D eigenvalue weighted by Gasteiger charge is 2.45. The van der Waals surface area contributed by atoms with Crippen molar-refractivity contribution >= 4 is 0 Å². The first kappa shape index (κ1) is 68.7. The van der Waals surface area contributed by atoms with Crippen molar-refractivity contribution in [3.63, 3.8) is 0 Å². The maximum Gasteiger partial charge on any atom is -0.0257 e. The molecule has 0 nitrogen and oxygen atoms in total. The second-order valence-corrected chi connectivity index (χ2v) is 34.9. The molecule has 0 saturated heterocycles. The topological polar surface area (TPSA) is 0 Å². The summed E-state index contributed by atoms with van der Waals surface area (Å²) in [5.41, 5.74) is 9.93. The van der Waals surface area contributed by atoms with Crippen molar-refractivity contribution in [1.82, 2.24) is 0 Å². The van der Waals surface area contributed by atoms with Gasteiger partial charge in [0.15, 0.2) is 0 Å². The Morgan fingerprint density at radius 1 is 0.268 bits per heavy atom. The third kappa shape index (κ3) is 21.2. The number of hydrogen-bond donors (Lipinski definition) is 0. The van der Waals surface area contributed by atoms with Gasteiger partial charge in [0.05, 0.1) is 0 Å². The Bertz CT molecular complexity index is 1840. The van der Waals surface area contributed by atoms with E-state index in [0.717, 1.165) is 85.8 Å². The quantitative estimate of drug-likeness (QED) is 0.233. The van der Waals surface area contributed by atoms with Crippen molar-refractivity contribution in [1.29, 1.82) is 0 Å². The minimum atomic E-state index is 0.727. The van der Waals surface area contributed by atoms with Crippen LogP contribution in [0, 0.1) is 85.8 Å². The predicted octanol–water partition coefficient (Wildman–Crippen LogP) is 27.7. The van der Waals surface area contributed by atoms with Gasteiger partial charge < -0.3 is 0 Å². The zero-order chi connectivity index (χ0) is 58.7. The molecule has 0 heterocycles. The smallest absolute Gasteiger partial charge is 0.0257 e. The van der Waals surface area contributed by atoms with E-state index in [2.05, 4.69) is 101 Å². The third-order valence-electron chi connectivity index (χ3n) is 27.0. The van der Waals surface area contributed by atoms with Crippen LogP contribution in [-0.4, -0.2) is 0 Å². The van der Waals surface area contributed by atoms with Crippen LogP contribution < -0.4 is 0 Å². The summed E-state index contributed by atoms with van der Waals surface area (Å²) in [4.78, 5) is 0. The van der Waals surface area contributed by atoms with E-state index < -0.39 is 0 Å². The van der Waals surface area contributed by atoms with Gasteiger partial charge in [-0.25, -0.2) is 0 Å². The Hall–Kier alpha value is -0.780. The fourth-order valence-electron chi connectivity index (χ4n) is 20.2. The SMILES string of the molecule is CC(C)C1=CCC2(CCCC2)CC1.CC(C)C1=CCC2(CCCCC2)CC1.CC(C)C1=CCCC2(CCCCCC2)C1.CC(C)C1CCC2(CCCC2)CC1.CC(C)C1CCCC2(CCCCCC2)C1.CC(C)C1CCCCC2(CC2)C1. The molecule has 0 aromatic heterocycles. The van der Waals surface area contributed by atoms with Crippen molar-refractivity contribution in [2.24, 2.45) is 85.8 Å². The molecule has 0 aromatic rings. The van der Waals surface area contributed by atoms with Gasteiger partial charge in [0.2, 0.25) is 0 Å². The molecule has 0 N–H and O–H groups in total. The van der Waals surface area contributed by atoms with Gasteiger partial charge in [0.25, 0.3) is 0 Å². The molecule has 0 amide bonds. The van der Waals surface area contributed by atoms with Crippen LogP contribution in [0.1, 0.15) is 398 Å². The first-order valence-corrected chi connectivity index (χ1v) is 38.4. The van der Waals surface area contributed by atoms with Crippen LogP contribution in [0.3, 0.4) is 0 Å². The summed E-state index contributed by atoms with van der Waals surface area (Å²) in [6.07, 6.45) is 81.2. The minimum absolute atomic E-state index is 0.727. The van der Waals surface area contributed by atoms with Crippen molar-refractivity contribution < 1.29 is 0 Å². The molecule has 0 aromatic carbocycles. The summed E-state index contributed by atoms with van der Waals surface area (Å²) >= 11 is 0. The van der Waals surface area contributed by atoms with Crippen molar-refractivity contribution in [3.8, 4) is 0 Å². The largest absolute Gasteiger partial charge is 0.0850 e. The monoisotopic (exact) mass is 1130 g/mol. The summed E-state index contributed by atoms with van der Waals surface area (Å²) in [5, 5.41) is 0. The first-order valence-electron chi connectivity index (χ1n) is 38.4. The molecule has 0 radical (unpaired) electrons. The Morgan fingerprint density at radius 3 is 1.00 bits per heavy atom. The van der Waals surface area contributed by atoms with Gasteiger partial charge in [-0.15, -0.1) is 0 Å². The van der Waals surface area contributed by atoms with E-state index in [1.54, 1.807) is 93.8 Å². The van der Waals surface area contributed by atoms with Gasteiger partial charge in [-0.1, -0.05) is 246 Å². The molecule has 12 aliphatic rings. The Kier molecular flexibility index (Phi) is 27.8. The second kappa shape index (κ2) is 33.2. The molecule has 0 aliphatic heterocycles. The van der Waals surface area contributed by atoms with Crippen molar-refractivity contribution in [3.05, 3.63) is 34.9 Å². The van der Waals surface area contributed by atoms with E-state index in [9.17, 15) is 0 Å². The lowest BCUT2D eigenvalue weighted by atomic mass is 9.63. The lowest BCUT2D eigenvalue weighted by Crippen LogP contribution is -2.30. The molecular formula is C82H146. The van der Waals surface area contributed by atoms with E-state index in [-0.39, 0.29) is 0 Å². The fraction of sp³-hybridized carbons (Fsp3) is 0.927. The number of rotatable bonds is 6. The van der Waals surface area contributed by atoms with Crippen LogP contribution in [0.15, 0.2) is 34.9 Å². The van der Waals surface area contributed by atoms with Crippen LogP contribution in [-0.2, 0) is 0 Å². The average molecular weight is 1130 g/mol. The van der Waals surface area contributed by atoms with E-state index in [0.29, 0.717) is 0 Å². The Balaban J connectivity index is 0.000000142. The molecule has 474 valence electrons. The number of allylic oxidation sites excluding steroid dienone is 6. The standard InChI is InChI=1S/C15H28.C15H26.C14H24.C13H24.C13H22.C12H22/c2*1-13(2)14-8-7-11-15(12-14)9-5-3-4-6-10-15;1-12(2)13-6-10-14(11-7-13)8-4-3-5-9-14;2*1-11(2)12-5-9-13(10-6-12)7-3-4-8-13;1-10(2)11-5-3-4-6-12(9-11)7-8-12/h13-14H,3-12H2,1-2H3;8,13H,3-7,9-12H2,1-2H3;6,12H,3-5,7-11H2,1-2H3;11-12H,3-10H2,1-2H3;5,11H,3-4,6-10H2,1-2H3;10-11H,3-9H2,1-2H3. The van der Waals surface area contributed by atoms with E-state index in [1.807, 2.05) is 0 Å². The normalized spacial score (nSPS) is 29.0. The highest BCUT2D eigenvalue weighted by Crippen LogP contribution is 2.58. The van der Waals surface area contributed by atoms with Gasteiger partial charge >= 0.3 is 0 Å². The van der Waals surface area contributed by atoms with Crippen LogP contribution >= 0.6 is 0 Å². The minimum Gasteiger partial charge on any atom is -0.0850 e. The molecule has 0 heteroatoms. The molecule has 0 bridgehead atoms. The molecule has 6 spiro atoms. The van der Waals surface area contributed by atoms with Crippen LogP contribution in [0.2, 0.25) is 0 Å². The van der Waals surface area contributed by atoms with Gasteiger partial charge in [-0.05, 0) is 272 Å². The molecule has 2 atom stereocenters. The van der Waals surface area contributed by atoms with E-state index >= 15 is 0 Å². The average Bonchev–Trinajstić information content (AvgIpc) is 4.28. The second-order valence-electron chi connectivity index (χ2n) is 34.9. The zero-order valence-corrected chi connectivity index (χ0v) is 58.1. The van der Waals surface area contributed by atoms with Crippen LogP contribution in [0.5, 0.6) is 0 Å². The summed E-state index contributed by atoms with van der Waals surface area (Å²) in [7, 11) is 0. The fourth-order valence-corrected chi connectivity index (χ4v) is 20.2. The molecule has 9 saturated carbocycles. The van der Waals surface area contributed by atoms with Gasteiger partial charge in [-0.3, -0.25) is 0 Å². The number of hydrogen-bond acceptors (Lipinski definition) is 0. The molecule has 82 heavy (non-hydrogen) atoms. The maximum atomic E-state index is 2.57. The third-order valence-corrected chi connectivity index (χ3v) is 27.0. The summed E-state index contributed by atoms with van der Waals surface area (Å²) in [6.45, 7) is 28.5. The lowest BCUT2D eigenvalue weighted by molar-refractivity contribution is 0.0938. The molecule has 12 rings (SSSR count). The maximum absolute atomic E-state index is 2.57. The Morgan fingerprint density at radius 2 is 0.610 bits per heavy atom. The van der Waals surface area contributed by atoms with Crippen molar-refractivity contribution in [2.45, 2.75) is 398 Å². The Labute approximate surface area is 515 Å². The van der Waals surface area contributed by atoms with Gasteiger partial charge in [0, 0.05) is 0 Å². The molecule has 9 fully saturated rings. The summed E-state index contributed by atoms with van der Waals surface area (Å²) in [6, 6.07) is 0. The molecular weight excluding hydrogens is 985 g/mol. The first-order chi connectivity index (χ1) is 39.3. The highest BCUT2D eigenvalue weighted by atomic mass is 14.5. The zero-order valence-electron chi connectivity index (χ0n) is 58.1. The lowest BCUT2D eigenvalue weighted by Gasteiger charge is -2.42. The highest BCUT2D eigenvalue weighted by molar-refractivity contribution is 5.15. The van der Waals surface area contributed by atoms with E-state index in [4.69, 9.17) is 0 Å². The summed E-state index contributed by atoms with van der Waals surface area (Å²) in [5.74, 6) is 8.28. The molecule has 12 aliphatic carbocycles. The van der Waals surface area contributed by atoms with Crippen LogP contribution in [0.25, 0.3) is 0 Å². The predicted molar refractivity (Wildman–Crippen MR) is 365 cm³/mol. The summed E-state index contributed by atoms with van der Waals surface area (Å²) < 4.78 is 0. The van der Waals surface area contributed by atoms with Gasteiger partial charge in [-0.2, -0.15) is 0 Å². The van der Waals surface area contributed by atoms with Gasteiger partial charge in [0.1, 0.15) is 0 Å². The molecule has 2 unspecified atom stereocenters.